The van der Waals surface area contributed by atoms with Crippen molar-refractivity contribution in [3.63, 3.8) is 0 Å². The Morgan fingerprint density at radius 2 is 2.10 bits per heavy atom. The molecule has 0 amide bonds. The quantitative estimate of drug-likeness (QED) is 0.487. The number of hydrogen-bond acceptors (Lipinski definition) is 0. The van der Waals surface area contributed by atoms with Gasteiger partial charge < -0.3 is 0 Å². The highest BCUT2D eigenvalue weighted by molar-refractivity contribution is 5.17. The molecule has 0 heterocycles. The third-order valence-electron chi connectivity index (χ3n) is 3.29. The van der Waals surface area contributed by atoms with Crippen molar-refractivity contribution in [3.05, 3.63) is 11.6 Å². The van der Waals surface area contributed by atoms with E-state index in [1.807, 2.05) is 0 Å². The molecule has 0 bridgehead atoms. The minimum Gasteiger partial charge on any atom is -0.0850 e. The molecule has 0 heteroatoms. The van der Waals surface area contributed by atoms with Gasteiger partial charge in [0.2, 0.25) is 0 Å². The van der Waals surface area contributed by atoms with E-state index in [1.165, 1.54) is 12.8 Å². The van der Waals surface area contributed by atoms with Crippen molar-refractivity contribution in [2.24, 2.45) is 11.3 Å². The van der Waals surface area contributed by atoms with Crippen LogP contribution in [0, 0.1) is 11.3 Å². The van der Waals surface area contributed by atoms with Crippen LogP contribution in [0.3, 0.4) is 0 Å². The molecule has 1 rings (SSSR count). The van der Waals surface area contributed by atoms with Crippen LogP contribution in [0.15, 0.2) is 11.6 Å². The Morgan fingerprint density at radius 3 is 2.30 bits per heavy atom. The molecule has 58 valence electrons. The summed E-state index contributed by atoms with van der Waals surface area (Å²) in [5.41, 5.74) is 2.11. The molecule has 1 aliphatic rings. The van der Waals surface area contributed by atoms with Crippen molar-refractivity contribution in [3.8, 4) is 0 Å². The van der Waals surface area contributed by atoms with Gasteiger partial charge >= 0.3 is 0 Å². The summed E-state index contributed by atoms with van der Waals surface area (Å²) in [6.07, 6.45) is 5.04. The Bertz CT molecular complexity index is 153. The summed E-state index contributed by atoms with van der Waals surface area (Å²) in [5.74, 6) is 0.797. The van der Waals surface area contributed by atoms with E-state index in [9.17, 15) is 0 Å². The fourth-order valence-electron chi connectivity index (χ4n) is 1.76. The van der Waals surface area contributed by atoms with Crippen LogP contribution in [-0.4, -0.2) is 0 Å². The summed E-state index contributed by atoms with van der Waals surface area (Å²) in [4.78, 5) is 0. The molecule has 0 radical (unpaired) electrons. The van der Waals surface area contributed by atoms with Crippen LogP contribution in [-0.2, 0) is 0 Å². The molecule has 0 aromatic carbocycles. The molecule has 1 atom stereocenters. The van der Waals surface area contributed by atoms with Crippen LogP contribution >= 0.6 is 0 Å². The van der Waals surface area contributed by atoms with Crippen molar-refractivity contribution in [2.45, 2.75) is 40.5 Å². The lowest BCUT2D eigenvalue weighted by molar-refractivity contribution is 0.274. The van der Waals surface area contributed by atoms with E-state index in [4.69, 9.17) is 0 Å². The first-order chi connectivity index (χ1) is 4.57. The highest BCUT2D eigenvalue weighted by atomic mass is 14.4. The molecule has 0 aromatic rings. The van der Waals surface area contributed by atoms with Crippen LogP contribution in [0.2, 0.25) is 0 Å². The number of allylic oxidation sites excluding steroid dienone is 2. The fourth-order valence-corrected chi connectivity index (χ4v) is 1.76. The topological polar surface area (TPSA) is 0 Å². The zero-order chi connectivity index (χ0) is 7.78. The molecule has 10 heavy (non-hydrogen) atoms. The zero-order valence-electron chi connectivity index (χ0n) is 7.57. The second-order valence-corrected chi connectivity index (χ2v) is 4.00. The molecule has 0 aliphatic heterocycles. The summed E-state index contributed by atoms with van der Waals surface area (Å²) in [7, 11) is 0. The molecule has 0 saturated heterocycles. The summed E-state index contributed by atoms with van der Waals surface area (Å²) < 4.78 is 0. The van der Waals surface area contributed by atoms with Crippen molar-refractivity contribution in [1.29, 1.82) is 0 Å². The van der Waals surface area contributed by atoms with Gasteiger partial charge in [-0.05, 0) is 31.1 Å². The average Bonchev–Trinajstić information content (AvgIpc) is 2.15. The molecule has 0 saturated carbocycles. The molecule has 1 unspecified atom stereocenters. The van der Waals surface area contributed by atoms with E-state index in [1.54, 1.807) is 5.57 Å². The second-order valence-electron chi connectivity index (χ2n) is 4.00. The molecule has 0 N–H and O–H groups in total. The highest BCUT2D eigenvalue weighted by Crippen LogP contribution is 2.44. The maximum atomic E-state index is 2.39. The highest BCUT2D eigenvalue weighted by Gasteiger charge is 2.32. The van der Waals surface area contributed by atoms with Gasteiger partial charge in [-0.15, -0.1) is 0 Å². The zero-order valence-corrected chi connectivity index (χ0v) is 7.57. The van der Waals surface area contributed by atoms with Crippen molar-refractivity contribution < 1.29 is 0 Å². The van der Waals surface area contributed by atoms with Crippen molar-refractivity contribution in [2.75, 3.05) is 0 Å². The van der Waals surface area contributed by atoms with Gasteiger partial charge in [0, 0.05) is 0 Å². The second kappa shape index (κ2) is 2.41. The Hall–Kier alpha value is -0.260. The van der Waals surface area contributed by atoms with Gasteiger partial charge in [0.1, 0.15) is 0 Å². The van der Waals surface area contributed by atoms with Gasteiger partial charge in [-0.3, -0.25) is 0 Å². The Kier molecular flexibility index (Phi) is 1.89. The third kappa shape index (κ3) is 1.00. The Labute approximate surface area is 64.3 Å². The Morgan fingerprint density at radius 1 is 1.50 bits per heavy atom. The van der Waals surface area contributed by atoms with Gasteiger partial charge in [0.05, 0.1) is 0 Å². The molecule has 0 nitrogen and oxygen atoms in total. The molecular weight excluding hydrogens is 120 g/mol. The normalized spacial score (nSPS) is 33.1. The largest absolute Gasteiger partial charge is 0.0850 e. The minimum absolute atomic E-state index is 0.514. The maximum absolute atomic E-state index is 2.39. The smallest absolute Gasteiger partial charge is 0.00932 e. The van der Waals surface area contributed by atoms with Gasteiger partial charge in [0.15, 0.2) is 0 Å². The van der Waals surface area contributed by atoms with Crippen LogP contribution < -0.4 is 0 Å². The van der Waals surface area contributed by atoms with E-state index in [0.29, 0.717) is 5.41 Å². The van der Waals surface area contributed by atoms with Crippen LogP contribution in [0.1, 0.15) is 40.5 Å². The fraction of sp³-hybridized carbons (Fsp3) is 0.800. The predicted molar refractivity (Wildman–Crippen MR) is 45.9 cm³/mol. The van der Waals surface area contributed by atoms with Gasteiger partial charge in [-0.25, -0.2) is 0 Å². The summed E-state index contributed by atoms with van der Waals surface area (Å²) in [6.45, 7) is 9.30. The average molecular weight is 138 g/mol. The van der Waals surface area contributed by atoms with E-state index in [2.05, 4.69) is 33.8 Å². The van der Waals surface area contributed by atoms with Crippen molar-refractivity contribution in [1.82, 2.24) is 0 Å². The van der Waals surface area contributed by atoms with Crippen LogP contribution in [0.5, 0.6) is 0 Å². The molecule has 0 fully saturated rings. The third-order valence-corrected chi connectivity index (χ3v) is 3.29. The van der Waals surface area contributed by atoms with Gasteiger partial charge in [-0.2, -0.15) is 0 Å². The minimum atomic E-state index is 0.514. The van der Waals surface area contributed by atoms with E-state index in [0.717, 1.165) is 5.92 Å². The predicted octanol–water partition coefficient (Wildman–Crippen LogP) is 3.39. The lowest BCUT2D eigenvalue weighted by Gasteiger charge is -2.30. The van der Waals surface area contributed by atoms with Crippen LogP contribution in [0.25, 0.3) is 0 Å². The lowest BCUT2D eigenvalue weighted by Crippen LogP contribution is -2.21. The van der Waals surface area contributed by atoms with Gasteiger partial charge in [-0.1, -0.05) is 32.4 Å². The standard InChI is InChI=1S/C10H18/c1-8(2)10(4)7-5-6-9(10)3/h6,8H,5,7H2,1-4H3. The molecule has 0 aromatic heterocycles. The monoisotopic (exact) mass is 138 g/mol. The maximum Gasteiger partial charge on any atom is -0.00932 e. The molecule has 0 spiro atoms. The SMILES string of the molecule is CC1=CCCC1(C)C(C)C. The van der Waals surface area contributed by atoms with Gasteiger partial charge in [0.25, 0.3) is 0 Å². The van der Waals surface area contributed by atoms with E-state index in [-0.39, 0.29) is 0 Å². The number of hydrogen-bond donors (Lipinski definition) is 0. The molecule has 1 aliphatic carbocycles. The van der Waals surface area contributed by atoms with E-state index >= 15 is 0 Å². The van der Waals surface area contributed by atoms with Crippen LogP contribution in [0.4, 0.5) is 0 Å². The summed E-state index contributed by atoms with van der Waals surface area (Å²) in [6, 6.07) is 0. The Balaban J connectivity index is 2.78. The lowest BCUT2D eigenvalue weighted by atomic mass is 9.74. The first-order valence-electron chi connectivity index (χ1n) is 4.24. The first-order valence-corrected chi connectivity index (χ1v) is 4.24. The number of rotatable bonds is 1. The summed E-state index contributed by atoms with van der Waals surface area (Å²) in [5, 5.41) is 0. The first kappa shape index (κ1) is 7.84. The summed E-state index contributed by atoms with van der Waals surface area (Å²) >= 11 is 0. The van der Waals surface area contributed by atoms with E-state index < -0.39 is 0 Å². The molecular formula is C10H18. The van der Waals surface area contributed by atoms with Crippen molar-refractivity contribution >= 4 is 0 Å².